The van der Waals surface area contributed by atoms with Gasteiger partial charge in [0.25, 0.3) is 0 Å². The Labute approximate surface area is 83.4 Å². The normalized spacial score (nSPS) is 10.6. The van der Waals surface area contributed by atoms with Crippen molar-refractivity contribution in [3.05, 3.63) is 18.7 Å². The van der Waals surface area contributed by atoms with Crippen molar-refractivity contribution in [2.24, 2.45) is 7.05 Å². The summed E-state index contributed by atoms with van der Waals surface area (Å²) >= 11 is 0. The highest BCUT2D eigenvalue weighted by Gasteiger charge is 2.18. The van der Waals surface area contributed by atoms with Crippen molar-refractivity contribution in [2.45, 2.75) is 0 Å². The molecule has 0 aliphatic carbocycles. The maximum absolute atomic E-state index is 10.7. The minimum Gasteiger partial charge on any atom is -0.341 e. The fourth-order valence-corrected chi connectivity index (χ4v) is 0.997. The topological polar surface area (TPSA) is 62.6 Å². The summed E-state index contributed by atoms with van der Waals surface area (Å²) in [5, 5.41) is 0. The van der Waals surface area contributed by atoms with E-state index >= 15 is 0 Å². The van der Waals surface area contributed by atoms with Crippen LogP contribution in [0.25, 0.3) is 0 Å². The fourth-order valence-electron chi connectivity index (χ4n) is 0.549. The van der Waals surface area contributed by atoms with E-state index in [4.69, 9.17) is 0 Å². The van der Waals surface area contributed by atoms with Crippen LogP contribution < -0.4 is 0 Å². The highest BCUT2D eigenvalue weighted by Crippen LogP contribution is 2.46. The lowest BCUT2D eigenvalue weighted by Gasteiger charge is -2.08. The molecule has 6 nitrogen and oxygen atoms in total. The second-order valence-corrected chi connectivity index (χ2v) is 4.21. The molecule has 0 aromatic carbocycles. The van der Waals surface area contributed by atoms with Gasteiger partial charge in [0.15, 0.2) is 0 Å². The van der Waals surface area contributed by atoms with E-state index in [1.54, 1.807) is 12.5 Å². The van der Waals surface area contributed by atoms with Crippen molar-refractivity contribution in [1.29, 1.82) is 0 Å². The molecule has 0 saturated carbocycles. The summed E-state index contributed by atoms with van der Waals surface area (Å²) in [6.07, 6.45) is 5.39. The molecule has 0 radical (unpaired) electrons. The molecule has 0 fully saturated rings. The van der Waals surface area contributed by atoms with E-state index in [9.17, 15) is 4.57 Å². The van der Waals surface area contributed by atoms with Gasteiger partial charge < -0.3 is 4.57 Å². The van der Waals surface area contributed by atoms with Gasteiger partial charge in [-0.25, -0.2) is 9.55 Å². The van der Waals surface area contributed by atoms with Gasteiger partial charge in [0.05, 0.1) is 6.33 Å². The Bertz CT molecular complexity index is 256. The average molecular weight is 222 g/mol. The van der Waals surface area contributed by atoms with E-state index < -0.39 is 7.82 Å². The molecule has 1 aromatic heterocycles. The standard InChI is InChI=1S/C4H6N2.C3H9O4P/c1-6-3-2-5-4-6;1-5-8(4,6-2)7-3/h2-4H,1H3;1-3H3. The molecule has 0 amide bonds. The predicted molar refractivity (Wildman–Crippen MR) is 51.8 cm³/mol. The molecule has 0 saturated heterocycles. The van der Waals surface area contributed by atoms with Crippen LogP contribution in [0.4, 0.5) is 0 Å². The van der Waals surface area contributed by atoms with Crippen molar-refractivity contribution < 1.29 is 18.1 Å². The Morgan fingerprint density at radius 1 is 1.21 bits per heavy atom. The summed E-state index contributed by atoms with van der Waals surface area (Å²) < 4.78 is 25.6. The maximum atomic E-state index is 10.7. The molecular weight excluding hydrogens is 207 g/mol. The minimum atomic E-state index is -3.16. The molecule has 1 aromatic rings. The summed E-state index contributed by atoms with van der Waals surface area (Å²) in [5.41, 5.74) is 0. The summed E-state index contributed by atoms with van der Waals surface area (Å²) in [6, 6.07) is 0. The Morgan fingerprint density at radius 3 is 1.79 bits per heavy atom. The van der Waals surface area contributed by atoms with E-state index in [1.807, 2.05) is 17.8 Å². The number of phosphoric acid groups is 1. The third kappa shape index (κ3) is 5.14. The van der Waals surface area contributed by atoms with Crippen molar-refractivity contribution in [1.82, 2.24) is 9.55 Å². The van der Waals surface area contributed by atoms with Gasteiger partial charge in [0, 0.05) is 40.8 Å². The van der Waals surface area contributed by atoms with E-state index in [0.717, 1.165) is 0 Å². The summed E-state index contributed by atoms with van der Waals surface area (Å²) in [5.74, 6) is 0. The van der Waals surface area contributed by atoms with Gasteiger partial charge in [-0.1, -0.05) is 0 Å². The molecule has 0 bridgehead atoms. The van der Waals surface area contributed by atoms with Crippen LogP contribution in [0.15, 0.2) is 18.7 Å². The Morgan fingerprint density at radius 2 is 1.71 bits per heavy atom. The zero-order valence-electron chi connectivity index (χ0n) is 8.71. The first-order valence-corrected chi connectivity index (χ1v) is 5.23. The molecule has 7 heteroatoms. The summed E-state index contributed by atoms with van der Waals surface area (Å²) in [7, 11) is 2.55. The van der Waals surface area contributed by atoms with Crippen LogP contribution in [0.1, 0.15) is 0 Å². The largest absolute Gasteiger partial charge is 0.473 e. The van der Waals surface area contributed by atoms with Gasteiger partial charge in [-0.3, -0.25) is 13.6 Å². The zero-order valence-corrected chi connectivity index (χ0v) is 9.60. The second kappa shape index (κ2) is 6.73. The number of aryl methyl sites for hydroxylation is 1. The molecule has 0 N–H and O–H groups in total. The van der Waals surface area contributed by atoms with E-state index in [1.165, 1.54) is 21.3 Å². The first-order chi connectivity index (χ1) is 6.58. The van der Waals surface area contributed by atoms with Crippen LogP contribution in [0.2, 0.25) is 0 Å². The SMILES string of the molecule is COP(=O)(OC)OC.Cn1ccnc1. The predicted octanol–water partition coefficient (Wildman–Crippen LogP) is 1.45. The van der Waals surface area contributed by atoms with Crippen LogP contribution in [-0.4, -0.2) is 30.9 Å². The van der Waals surface area contributed by atoms with Gasteiger partial charge in [-0.2, -0.15) is 0 Å². The zero-order chi connectivity index (χ0) is 11.0. The third-order valence-corrected chi connectivity index (χ3v) is 2.65. The lowest BCUT2D eigenvalue weighted by molar-refractivity contribution is 0.178. The molecule has 0 atom stereocenters. The molecular formula is C7H15N2O4P. The van der Waals surface area contributed by atoms with Crippen molar-refractivity contribution >= 4 is 7.82 Å². The van der Waals surface area contributed by atoms with Gasteiger partial charge in [-0.15, -0.1) is 0 Å². The molecule has 1 rings (SSSR count). The number of imidazole rings is 1. The Hall–Kier alpha value is -0.680. The number of phosphoric ester groups is 1. The van der Waals surface area contributed by atoms with E-state index in [0.29, 0.717) is 0 Å². The quantitative estimate of drug-likeness (QED) is 0.724. The van der Waals surface area contributed by atoms with Gasteiger partial charge >= 0.3 is 7.82 Å². The van der Waals surface area contributed by atoms with E-state index in [-0.39, 0.29) is 0 Å². The van der Waals surface area contributed by atoms with Crippen molar-refractivity contribution in [3.63, 3.8) is 0 Å². The van der Waals surface area contributed by atoms with Crippen LogP contribution in [-0.2, 0) is 25.2 Å². The summed E-state index contributed by atoms with van der Waals surface area (Å²) in [4.78, 5) is 3.78. The number of aromatic nitrogens is 2. The van der Waals surface area contributed by atoms with Crippen LogP contribution in [0.3, 0.4) is 0 Å². The molecule has 0 unspecified atom stereocenters. The van der Waals surface area contributed by atoms with Crippen molar-refractivity contribution in [2.75, 3.05) is 21.3 Å². The first kappa shape index (κ1) is 13.3. The monoisotopic (exact) mass is 222 g/mol. The molecule has 14 heavy (non-hydrogen) atoms. The molecule has 82 valence electrons. The molecule has 0 spiro atoms. The second-order valence-electron chi connectivity index (χ2n) is 2.22. The van der Waals surface area contributed by atoms with Gasteiger partial charge in [-0.05, 0) is 0 Å². The Kier molecular flexibility index (Phi) is 6.40. The maximum Gasteiger partial charge on any atom is 0.473 e. The van der Waals surface area contributed by atoms with Crippen molar-refractivity contribution in [3.8, 4) is 0 Å². The number of rotatable bonds is 3. The van der Waals surface area contributed by atoms with Crippen LogP contribution in [0.5, 0.6) is 0 Å². The highest BCUT2D eigenvalue weighted by atomic mass is 31.2. The minimum absolute atomic E-state index is 1.26. The lowest BCUT2D eigenvalue weighted by atomic mass is 10.9. The highest BCUT2D eigenvalue weighted by molar-refractivity contribution is 7.48. The molecule has 0 aliphatic rings. The lowest BCUT2D eigenvalue weighted by Crippen LogP contribution is -1.88. The third-order valence-electron chi connectivity index (χ3n) is 1.31. The number of hydrogen-bond donors (Lipinski definition) is 0. The number of nitrogens with zero attached hydrogens (tertiary/aromatic N) is 2. The summed E-state index contributed by atoms with van der Waals surface area (Å²) in [6.45, 7) is 0. The van der Waals surface area contributed by atoms with E-state index in [2.05, 4.69) is 18.6 Å². The smallest absolute Gasteiger partial charge is 0.341 e. The molecule has 0 aliphatic heterocycles. The average Bonchev–Trinajstić information content (AvgIpc) is 2.69. The van der Waals surface area contributed by atoms with Crippen LogP contribution in [0, 0.1) is 0 Å². The van der Waals surface area contributed by atoms with Gasteiger partial charge in [0.2, 0.25) is 0 Å². The fraction of sp³-hybridized carbons (Fsp3) is 0.571. The van der Waals surface area contributed by atoms with Crippen LogP contribution >= 0.6 is 7.82 Å². The Balaban J connectivity index is 0.000000249. The van der Waals surface area contributed by atoms with Gasteiger partial charge in [0.1, 0.15) is 0 Å². The first-order valence-electron chi connectivity index (χ1n) is 3.77. The molecule has 1 heterocycles. The number of hydrogen-bond acceptors (Lipinski definition) is 5.